The molecule has 0 fully saturated rings. The Hall–Kier alpha value is -3.51. The summed E-state index contributed by atoms with van der Waals surface area (Å²) in [6.07, 6.45) is 9.23. The first kappa shape index (κ1) is 15.0. The maximum atomic E-state index is 6.12. The van der Waals surface area contributed by atoms with Gasteiger partial charge in [-0.3, -0.25) is 4.98 Å². The van der Waals surface area contributed by atoms with E-state index in [9.17, 15) is 0 Å². The molecule has 1 aromatic heterocycles. The van der Waals surface area contributed by atoms with E-state index in [-0.39, 0.29) is 0 Å². The molecule has 25 heavy (non-hydrogen) atoms. The third-order valence-electron chi connectivity index (χ3n) is 4.49. The Morgan fingerprint density at radius 2 is 1.88 bits per heavy atom. The van der Waals surface area contributed by atoms with Crippen molar-refractivity contribution in [2.24, 2.45) is 0 Å². The minimum absolute atomic E-state index is 0.584. The minimum atomic E-state index is 0.584. The number of anilines is 2. The van der Waals surface area contributed by atoms with Crippen LogP contribution in [0.2, 0.25) is 0 Å². The molecule has 0 unspecified atom stereocenters. The van der Waals surface area contributed by atoms with Crippen LogP contribution < -0.4 is 21.5 Å². The van der Waals surface area contributed by atoms with Crippen LogP contribution in [0, 0.1) is 12.3 Å². The second-order valence-corrected chi connectivity index (χ2v) is 5.91. The molecule has 1 aliphatic heterocycles. The molecule has 2 aromatic carbocycles. The van der Waals surface area contributed by atoms with Crippen molar-refractivity contribution in [3.05, 3.63) is 88.6 Å². The Labute approximate surface area is 146 Å². The molecular weight excluding hydrogens is 306 g/mol. The van der Waals surface area contributed by atoms with Crippen LogP contribution in [0.4, 0.5) is 11.4 Å². The van der Waals surface area contributed by atoms with E-state index in [0.29, 0.717) is 5.69 Å². The molecular formula is C22H17N3. The van der Waals surface area contributed by atoms with Crippen LogP contribution in [0.5, 0.6) is 0 Å². The highest BCUT2D eigenvalue weighted by molar-refractivity contribution is 5.87. The monoisotopic (exact) mass is 323 g/mol. The van der Waals surface area contributed by atoms with E-state index in [1.54, 1.807) is 12.4 Å². The molecule has 3 N–H and O–H groups in total. The van der Waals surface area contributed by atoms with Crippen molar-refractivity contribution in [2.75, 3.05) is 17.6 Å². The van der Waals surface area contributed by atoms with Gasteiger partial charge < -0.3 is 11.1 Å². The molecule has 2 heterocycles. The van der Waals surface area contributed by atoms with Gasteiger partial charge in [0.15, 0.2) is 0 Å². The number of para-hydroxylation sites is 1. The van der Waals surface area contributed by atoms with Crippen LogP contribution >= 0.6 is 0 Å². The lowest BCUT2D eigenvalue weighted by Gasteiger charge is -2.06. The highest BCUT2D eigenvalue weighted by Crippen LogP contribution is 2.27. The molecule has 120 valence electrons. The largest absolute Gasteiger partial charge is 0.397 e. The summed E-state index contributed by atoms with van der Waals surface area (Å²) in [5.41, 5.74) is 11.9. The number of terminal acetylenes is 1. The lowest BCUT2D eigenvalue weighted by atomic mass is 9.98. The van der Waals surface area contributed by atoms with E-state index in [1.807, 2.05) is 24.3 Å². The first-order chi connectivity index (χ1) is 12.3. The van der Waals surface area contributed by atoms with Gasteiger partial charge in [-0.15, -0.1) is 6.42 Å². The number of nitrogen functional groups attached to an aromatic ring is 1. The van der Waals surface area contributed by atoms with Crippen LogP contribution in [0.15, 0.2) is 67.0 Å². The number of nitrogens with zero attached hydrogens (tertiary/aromatic N) is 1. The van der Waals surface area contributed by atoms with Crippen LogP contribution in [0.1, 0.15) is 11.1 Å². The number of pyridine rings is 1. The number of nitrogens with two attached hydrogens (primary N) is 1. The number of aromatic nitrogens is 1. The maximum Gasteiger partial charge on any atom is 0.0587 e. The number of hydrogen-bond donors (Lipinski definition) is 2. The summed E-state index contributed by atoms with van der Waals surface area (Å²) in [6, 6.07) is 18.4. The van der Waals surface area contributed by atoms with Crippen LogP contribution in [0.25, 0.3) is 11.1 Å². The molecule has 0 radical (unpaired) electrons. The van der Waals surface area contributed by atoms with Gasteiger partial charge in [-0.05, 0) is 28.1 Å². The summed E-state index contributed by atoms with van der Waals surface area (Å²) in [5.74, 6) is 2.84. The molecule has 0 saturated carbocycles. The maximum absolute atomic E-state index is 6.12. The second-order valence-electron chi connectivity index (χ2n) is 5.91. The standard InChI is InChI=1S/C22H17N3/c1-2-15(18-11-12-24-14-21(18)23)16-7-3-4-8-17(16)20-13-25-22-10-6-5-9-19(20)22/h1,3-12,14,25H,13,23H2/b16-15+,20-17+. The average molecular weight is 323 g/mol. The number of fused-ring (bicyclic) bond motifs is 1. The Morgan fingerprint density at radius 3 is 2.72 bits per heavy atom. The normalized spacial score (nSPS) is 15.8. The third-order valence-corrected chi connectivity index (χ3v) is 4.49. The summed E-state index contributed by atoms with van der Waals surface area (Å²) < 4.78 is 0. The molecule has 0 bridgehead atoms. The minimum Gasteiger partial charge on any atom is -0.397 e. The number of rotatable bonds is 1. The topological polar surface area (TPSA) is 50.9 Å². The van der Waals surface area contributed by atoms with Gasteiger partial charge in [0.05, 0.1) is 11.9 Å². The van der Waals surface area contributed by atoms with Crippen LogP contribution in [0.3, 0.4) is 0 Å². The Kier molecular flexibility index (Phi) is 3.72. The third kappa shape index (κ3) is 2.54. The SMILES string of the molecule is C#C/C(c1ccncc1N)=c1/cccc/c1=C1/CNc2ccccc21. The zero-order valence-electron chi connectivity index (χ0n) is 13.7. The molecule has 4 rings (SSSR count). The molecule has 0 aliphatic carbocycles. The molecule has 0 saturated heterocycles. The van der Waals surface area contributed by atoms with E-state index in [2.05, 4.69) is 46.6 Å². The molecule has 3 aromatic rings. The molecule has 0 spiro atoms. The predicted molar refractivity (Wildman–Crippen MR) is 103 cm³/mol. The first-order valence-electron chi connectivity index (χ1n) is 8.12. The summed E-state index contributed by atoms with van der Waals surface area (Å²) in [7, 11) is 0. The van der Waals surface area contributed by atoms with Crippen molar-refractivity contribution in [3.63, 3.8) is 0 Å². The van der Waals surface area contributed by atoms with E-state index >= 15 is 0 Å². The van der Waals surface area contributed by atoms with E-state index in [4.69, 9.17) is 12.2 Å². The van der Waals surface area contributed by atoms with Crippen LogP contribution in [-0.2, 0) is 0 Å². The molecule has 0 amide bonds. The summed E-state index contributed by atoms with van der Waals surface area (Å²) in [6.45, 7) is 0.778. The molecule has 3 nitrogen and oxygen atoms in total. The summed E-state index contributed by atoms with van der Waals surface area (Å²) in [5, 5.41) is 5.59. The fraction of sp³-hybridized carbons (Fsp3) is 0.0455. The lowest BCUT2D eigenvalue weighted by Crippen LogP contribution is -2.30. The average Bonchev–Trinajstić information content (AvgIpc) is 3.08. The second kappa shape index (κ2) is 6.18. The summed E-state index contributed by atoms with van der Waals surface area (Å²) >= 11 is 0. The van der Waals surface area contributed by atoms with Gasteiger partial charge >= 0.3 is 0 Å². The highest BCUT2D eigenvalue weighted by atomic mass is 14.9. The van der Waals surface area contributed by atoms with Crippen molar-refractivity contribution in [2.45, 2.75) is 0 Å². The van der Waals surface area contributed by atoms with Crippen molar-refractivity contribution in [1.82, 2.24) is 4.98 Å². The zero-order valence-corrected chi connectivity index (χ0v) is 13.7. The summed E-state index contributed by atoms with van der Waals surface area (Å²) in [4.78, 5) is 4.06. The van der Waals surface area contributed by atoms with Gasteiger partial charge in [0.25, 0.3) is 0 Å². The Balaban J connectivity index is 2.13. The van der Waals surface area contributed by atoms with Crippen molar-refractivity contribution >= 4 is 22.5 Å². The Bertz CT molecular complexity index is 1120. The predicted octanol–water partition coefficient (Wildman–Crippen LogP) is 2.12. The van der Waals surface area contributed by atoms with E-state index in [0.717, 1.165) is 33.8 Å². The van der Waals surface area contributed by atoms with Gasteiger partial charge in [0, 0.05) is 35.1 Å². The zero-order chi connectivity index (χ0) is 17.2. The number of hydrogen-bond acceptors (Lipinski definition) is 3. The van der Waals surface area contributed by atoms with Gasteiger partial charge in [-0.25, -0.2) is 0 Å². The highest BCUT2D eigenvalue weighted by Gasteiger charge is 2.16. The smallest absolute Gasteiger partial charge is 0.0587 e. The van der Waals surface area contributed by atoms with E-state index in [1.165, 1.54) is 11.1 Å². The van der Waals surface area contributed by atoms with E-state index < -0.39 is 0 Å². The number of nitrogens with one attached hydrogen (secondary N) is 1. The fourth-order valence-electron chi connectivity index (χ4n) is 3.32. The van der Waals surface area contributed by atoms with Crippen molar-refractivity contribution in [1.29, 1.82) is 0 Å². The van der Waals surface area contributed by atoms with Gasteiger partial charge in [-0.1, -0.05) is 48.4 Å². The quantitative estimate of drug-likeness (QED) is 0.675. The number of benzene rings is 2. The Morgan fingerprint density at radius 1 is 1.08 bits per heavy atom. The van der Waals surface area contributed by atoms with Crippen molar-refractivity contribution in [3.8, 4) is 12.3 Å². The van der Waals surface area contributed by atoms with Gasteiger partial charge in [-0.2, -0.15) is 0 Å². The molecule has 1 aliphatic rings. The van der Waals surface area contributed by atoms with Crippen LogP contribution in [-0.4, -0.2) is 11.5 Å². The van der Waals surface area contributed by atoms with Gasteiger partial charge in [0.1, 0.15) is 0 Å². The molecule has 0 atom stereocenters. The van der Waals surface area contributed by atoms with Gasteiger partial charge in [0.2, 0.25) is 0 Å². The fourth-order valence-corrected chi connectivity index (χ4v) is 3.32. The first-order valence-corrected chi connectivity index (χ1v) is 8.12. The molecule has 3 heteroatoms. The van der Waals surface area contributed by atoms with Crippen molar-refractivity contribution < 1.29 is 0 Å². The lowest BCUT2D eigenvalue weighted by molar-refractivity contribution is 1.32.